The fourth-order valence-corrected chi connectivity index (χ4v) is 1.65. The van der Waals surface area contributed by atoms with Crippen LogP contribution in [0, 0.1) is 12.3 Å². The van der Waals surface area contributed by atoms with Crippen LogP contribution in [0.15, 0.2) is 29.2 Å². The fourth-order valence-electron chi connectivity index (χ4n) is 0.865. The van der Waals surface area contributed by atoms with Crippen molar-refractivity contribution in [2.45, 2.75) is 32.6 Å². The molecule has 0 aromatic heterocycles. The number of hydrogen-bond donors (Lipinski definition) is 1. The molecule has 0 aliphatic carbocycles. The number of aryl methyl sites for hydroxylation is 1. The van der Waals surface area contributed by atoms with Crippen LogP contribution in [0.25, 0.3) is 0 Å². The molecule has 1 amide bonds. The fraction of sp³-hybridized carbons (Fsp3) is 0.417. The number of carbonyl (C=O) groups is 1. The molecule has 2 nitrogen and oxygen atoms in total. The SMILES string of the molecule is Cc1ccc(SNC(=O)C(C)(C)C)cc1. The molecule has 1 aromatic rings. The van der Waals surface area contributed by atoms with Gasteiger partial charge in [-0.05, 0) is 31.0 Å². The van der Waals surface area contributed by atoms with Crippen LogP contribution in [-0.4, -0.2) is 5.91 Å². The molecule has 0 fully saturated rings. The Hall–Kier alpha value is -0.960. The minimum Gasteiger partial charge on any atom is -0.296 e. The van der Waals surface area contributed by atoms with Gasteiger partial charge in [0.25, 0.3) is 0 Å². The summed E-state index contributed by atoms with van der Waals surface area (Å²) in [5.74, 6) is 0.0491. The Kier molecular flexibility index (Phi) is 3.80. The maximum absolute atomic E-state index is 11.6. The number of carbonyl (C=O) groups excluding carboxylic acids is 1. The van der Waals surface area contributed by atoms with Gasteiger partial charge in [0.05, 0.1) is 0 Å². The Morgan fingerprint density at radius 3 is 2.20 bits per heavy atom. The van der Waals surface area contributed by atoms with E-state index in [4.69, 9.17) is 0 Å². The van der Waals surface area contributed by atoms with Crippen molar-refractivity contribution in [3.05, 3.63) is 29.8 Å². The Balaban J connectivity index is 2.51. The summed E-state index contributed by atoms with van der Waals surface area (Å²) in [4.78, 5) is 12.6. The van der Waals surface area contributed by atoms with Crippen LogP contribution >= 0.6 is 11.9 Å². The molecule has 82 valence electrons. The molecule has 0 radical (unpaired) electrons. The third kappa shape index (κ3) is 3.96. The van der Waals surface area contributed by atoms with E-state index in [1.54, 1.807) is 0 Å². The highest BCUT2D eigenvalue weighted by Gasteiger charge is 2.20. The number of nitrogens with one attached hydrogen (secondary N) is 1. The van der Waals surface area contributed by atoms with E-state index >= 15 is 0 Å². The lowest BCUT2D eigenvalue weighted by molar-refractivity contribution is -0.126. The third-order valence-corrected chi connectivity index (χ3v) is 2.76. The number of amides is 1. The Labute approximate surface area is 95.6 Å². The maximum atomic E-state index is 11.6. The molecule has 0 atom stereocenters. The molecule has 1 N–H and O–H groups in total. The van der Waals surface area contributed by atoms with Crippen molar-refractivity contribution in [1.82, 2.24) is 4.72 Å². The van der Waals surface area contributed by atoms with Crippen molar-refractivity contribution in [3.8, 4) is 0 Å². The third-order valence-electron chi connectivity index (χ3n) is 1.96. The zero-order chi connectivity index (χ0) is 11.5. The highest BCUT2D eigenvalue weighted by molar-refractivity contribution is 7.98. The van der Waals surface area contributed by atoms with E-state index in [1.165, 1.54) is 17.5 Å². The van der Waals surface area contributed by atoms with E-state index in [-0.39, 0.29) is 11.3 Å². The summed E-state index contributed by atoms with van der Waals surface area (Å²) in [6, 6.07) is 8.07. The first kappa shape index (κ1) is 12.1. The van der Waals surface area contributed by atoms with Crippen molar-refractivity contribution in [3.63, 3.8) is 0 Å². The zero-order valence-corrected chi connectivity index (χ0v) is 10.4. The predicted molar refractivity (Wildman–Crippen MR) is 64.6 cm³/mol. The summed E-state index contributed by atoms with van der Waals surface area (Å²) in [6.07, 6.45) is 0. The zero-order valence-electron chi connectivity index (χ0n) is 9.63. The molecular weight excluding hydrogens is 206 g/mol. The summed E-state index contributed by atoms with van der Waals surface area (Å²) >= 11 is 1.36. The summed E-state index contributed by atoms with van der Waals surface area (Å²) in [5, 5.41) is 0. The minimum absolute atomic E-state index is 0.0491. The number of benzene rings is 1. The van der Waals surface area contributed by atoms with Gasteiger partial charge in [0.2, 0.25) is 5.91 Å². The van der Waals surface area contributed by atoms with Crippen molar-refractivity contribution in [2.75, 3.05) is 0 Å². The molecule has 1 rings (SSSR count). The van der Waals surface area contributed by atoms with Crippen LogP contribution in [0.3, 0.4) is 0 Å². The van der Waals surface area contributed by atoms with E-state index in [9.17, 15) is 4.79 Å². The smallest absolute Gasteiger partial charge is 0.235 e. The average molecular weight is 223 g/mol. The first-order valence-corrected chi connectivity index (χ1v) is 5.75. The van der Waals surface area contributed by atoms with Gasteiger partial charge < -0.3 is 0 Å². The van der Waals surface area contributed by atoms with Gasteiger partial charge in [-0.2, -0.15) is 0 Å². The van der Waals surface area contributed by atoms with E-state index < -0.39 is 0 Å². The van der Waals surface area contributed by atoms with E-state index in [1.807, 2.05) is 52.0 Å². The summed E-state index contributed by atoms with van der Waals surface area (Å²) in [5.41, 5.74) is 0.888. The summed E-state index contributed by atoms with van der Waals surface area (Å²) in [7, 11) is 0. The van der Waals surface area contributed by atoms with Crippen LogP contribution < -0.4 is 4.72 Å². The molecule has 0 bridgehead atoms. The maximum Gasteiger partial charge on any atom is 0.235 e. The number of rotatable bonds is 2. The van der Waals surface area contributed by atoms with Crippen molar-refractivity contribution >= 4 is 17.9 Å². The van der Waals surface area contributed by atoms with Gasteiger partial charge in [0.1, 0.15) is 0 Å². The van der Waals surface area contributed by atoms with Gasteiger partial charge >= 0.3 is 0 Å². The van der Waals surface area contributed by atoms with Gasteiger partial charge in [-0.1, -0.05) is 38.5 Å². The average Bonchev–Trinajstić information content (AvgIpc) is 2.15. The van der Waals surface area contributed by atoms with Gasteiger partial charge in [-0.25, -0.2) is 0 Å². The summed E-state index contributed by atoms with van der Waals surface area (Å²) in [6.45, 7) is 7.75. The predicted octanol–water partition coefficient (Wildman–Crippen LogP) is 3.16. The van der Waals surface area contributed by atoms with E-state index in [0.717, 1.165) is 4.90 Å². The first-order valence-electron chi connectivity index (χ1n) is 4.93. The van der Waals surface area contributed by atoms with Gasteiger partial charge in [-0.3, -0.25) is 9.52 Å². The molecule has 3 heteroatoms. The molecule has 1 aromatic carbocycles. The second kappa shape index (κ2) is 4.71. The molecule has 0 saturated carbocycles. The molecule has 0 saturated heterocycles. The quantitative estimate of drug-likeness (QED) is 0.780. The van der Waals surface area contributed by atoms with Crippen LogP contribution in [0.1, 0.15) is 26.3 Å². The lowest BCUT2D eigenvalue weighted by Crippen LogP contribution is -2.30. The molecule has 15 heavy (non-hydrogen) atoms. The Morgan fingerprint density at radius 1 is 1.20 bits per heavy atom. The highest BCUT2D eigenvalue weighted by atomic mass is 32.2. The van der Waals surface area contributed by atoms with Gasteiger partial charge in [-0.15, -0.1) is 0 Å². The van der Waals surface area contributed by atoms with Crippen LogP contribution in [0.2, 0.25) is 0 Å². The topological polar surface area (TPSA) is 29.1 Å². The lowest BCUT2D eigenvalue weighted by Gasteiger charge is -2.16. The largest absolute Gasteiger partial charge is 0.296 e. The molecule has 0 heterocycles. The van der Waals surface area contributed by atoms with Crippen molar-refractivity contribution in [2.24, 2.45) is 5.41 Å². The second-order valence-electron chi connectivity index (χ2n) is 4.60. The van der Waals surface area contributed by atoms with Crippen LogP contribution in [0.5, 0.6) is 0 Å². The molecule has 0 aliphatic heterocycles. The van der Waals surface area contributed by atoms with Crippen molar-refractivity contribution in [1.29, 1.82) is 0 Å². The Morgan fingerprint density at radius 2 is 1.73 bits per heavy atom. The second-order valence-corrected chi connectivity index (χ2v) is 5.48. The van der Waals surface area contributed by atoms with Gasteiger partial charge in [0, 0.05) is 10.3 Å². The normalized spacial score (nSPS) is 11.2. The van der Waals surface area contributed by atoms with Crippen LogP contribution in [-0.2, 0) is 4.79 Å². The molecule has 0 unspecified atom stereocenters. The van der Waals surface area contributed by atoms with Crippen molar-refractivity contribution < 1.29 is 4.79 Å². The standard InChI is InChI=1S/C12H17NOS/c1-9-5-7-10(8-6-9)15-13-11(14)12(2,3)4/h5-8H,1-4H3,(H,13,14). The van der Waals surface area contributed by atoms with Crippen LogP contribution in [0.4, 0.5) is 0 Å². The Bertz CT molecular complexity index is 338. The highest BCUT2D eigenvalue weighted by Crippen LogP contribution is 2.19. The monoisotopic (exact) mass is 223 g/mol. The molecular formula is C12H17NOS. The molecule has 0 aliphatic rings. The number of hydrogen-bond acceptors (Lipinski definition) is 2. The summed E-state index contributed by atoms with van der Waals surface area (Å²) < 4.78 is 2.84. The minimum atomic E-state index is -0.336. The lowest BCUT2D eigenvalue weighted by atomic mass is 9.96. The van der Waals surface area contributed by atoms with E-state index in [2.05, 4.69) is 4.72 Å². The van der Waals surface area contributed by atoms with Gasteiger partial charge in [0.15, 0.2) is 0 Å². The first-order chi connectivity index (χ1) is 6.89. The molecule has 0 spiro atoms. The van der Waals surface area contributed by atoms with E-state index in [0.29, 0.717) is 0 Å².